The lowest BCUT2D eigenvalue weighted by Crippen LogP contribution is -2.31. The number of carbonyl (C=O) groups excluding carboxylic acids is 1. The average molecular weight is 333 g/mol. The number of carbonyl (C=O) groups is 1. The first-order valence-electron chi connectivity index (χ1n) is 6.43. The quantitative estimate of drug-likeness (QED) is 0.671. The Morgan fingerprint density at radius 2 is 1.95 bits per heavy atom. The van der Waals surface area contributed by atoms with Crippen molar-refractivity contribution in [1.82, 2.24) is 5.32 Å². The predicted octanol–water partition coefficient (Wildman–Crippen LogP) is 3.74. The summed E-state index contributed by atoms with van der Waals surface area (Å²) in [5.41, 5.74) is 1.15. The Morgan fingerprint density at radius 1 is 1.18 bits per heavy atom. The number of hydrogen-bond donors (Lipinski definition) is 1. The molecule has 0 unspecified atom stereocenters. The molecular formula is C16H10ClFN2OS. The molecular weight excluding hydrogens is 323 g/mol. The van der Waals surface area contributed by atoms with Crippen molar-refractivity contribution in [2.75, 3.05) is 4.90 Å². The van der Waals surface area contributed by atoms with E-state index in [0.29, 0.717) is 5.02 Å². The lowest BCUT2D eigenvalue weighted by molar-refractivity contribution is -0.113. The van der Waals surface area contributed by atoms with Gasteiger partial charge in [-0.25, -0.2) is 9.29 Å². The molecule has 3 nitrogen and oxygen atoms in total. The summed E-state index contributed by atoms with van der Waals surface area (Å²) in [5.74, 6) is -0.918. The Kier molecular flexibility index (Phi) is 3.92. The van der Waals surface area contributed by atoms with Gasteiger partial charge < -0.3 is 5.32 Å². The van der Waals surface area contributed by atoms with Gasteiger partial charge in [0.05, 0.1) is 5.69 Å². The Morgan fingerprint density at radius 3 is 2.68 bits per heavy atom. The Hall–Kier alpha value is -2.24. The zero-order valence-corrected chi connectivity index (χ0v) is 12.8. The van der Waals surface area contributed by atoms with E-state index in [-0.39, 0.29) is 16.5 Å². The van der Waals surface area contributed by atoms with Gasteiger partial charge in [0.1, 0.15) is 11.5 Å². The standard InChI is InChI=1S/C16H10ClFN2OS/c17-11-5-3-4-10(8-11)9-13-15(21)20(16(22)19-13)14-7-2-1-6-12(14)18/h1-9H,(H,19,22)/b13-9+. The van der Waals surface area contributed by atoms with Crippen LogP contribution in [0.15, 0.2) is 54.2 Å². The molecule has 0 aliphatic carbocycles. The number of amides is 1. The number of halogens is 2. The van der Waals surface area contributed by atoms with Crippen molar-refractivity contribution in [3.8, 4) is 0 Å². The van der Waals surface area contributed by atoms with Gasteiger partial charge in [-0.3, -0.25) is 4.79 Å². The van der Waals surface area contributed by atoms with E-state index in [2.05, 4.69) is 5.32 Å². The molecule has 0 radical (unpaired) electrons. The minimum Gasteiger partial charge on any atom is -0.327 e. The topological polar surface area (TPSA) is 32.3 Å². The number of anilines is 1. The molecule has 1 N–H and O–H groups in total. The zero-order valence-electron chi connectivity index (χ0n) is 11.2. The third kappa shape index (κ3) is 2.73. The summed E-state index contributed by atoms with van der Waals surface area (Å²) < 4.78 is 13.9. The van der Waals surface area contributed by atoms with Crippen LogP contribution >= 0.6 is 23.8 Å². The fourth-order valence-corrected chi connectivity index (χ4v) is 2.64. The number of nitrogens with one attached hydrogen (secondary N) is 1. The Balaban J connectivity index is 1.97. The van der Waals surface area contributed by atoms with Gasteiger partial charge in [0.15, 0.2) is 5.11 Å². The molecule has 2 aromatic rings. The summed E-state index contributed by atoms with van der Waals surface area (Å²) in [4.78, 5) is 13.6. The van der Waals surface area contributed by atoms with Crippen LogP contribution in [0.2, 0.25) is 5.02 Å². The molecule has 0 saturated carbocycles. The molecule has 0 bridgehead atoms. The van der Waals surface area contributed by atoms with Crippen molar-refractivity contribution in [3.05, 3.63) is 70.6 Å². The SMILES string of the molecule is O=C1/C(=C\c2cccc(Cl)c2)NC(=S)N1c1ccccc1F. The largest absolute Gasteiger partial charge is 0.327 e. The van der Waals surface area contributed by atoms with Gasteiger partial charge in [0.2, 0.25) is 0 Å². The van der Waals surface area contributed by atoms with E-state index in [1.807, 2.05) is 6.07 Å². The second kappa shape index (κ2) is 5.87. The predicted molar refractivity (Wildman–Crippen MR) is 89.0 cm³/mol. The third-order valence-corrected chi connectivity index (χ3v) is 3.65. The summed E-state index contributed by atoms with van der Waals surface area (Å²) in [6.07, 6.45) is 1.63. The van der Waals surface area contributed by atoms with Gasteiger partial charge in [-0.05, 0) is 48.1 Å². The highest BCUT2D eigenvalue weighted by Crippen LogP contribution is 2.25. The Labute approximate surface area is 137 Å². The molecule has 0 aromatic heterocycles. The van der Waals surface area contributed by atoms with Crippen LogP contribution in [0.3, 0.4) is 0 Å². The van der Waals surface area contributed by atoms with Crippen LogP contribution in [0.5, 0.6) is 0 Å². The smallest absolute Gasteiger partial charge is 0.281 e. The van der Waals surface area contributed by atoms with E-state index < -0.39 is 11.7 Å². The molecule has 1 fully saturated rings. The first kappa shape index (κ1) is 14.7. The van der Waals surface area contributed by atoms with Crippen LogP contribution in [0.4, 0.5) is 10.1 Å². The normalized spacial score (nSPS) is 16.3. The fourth-order valence-electron chi connectivity index (χ4n) is 2.15. The average Bonchev–Trinajstić information content (AvgIpc) is 2.74. The van der Waals surface area contributed by atoms with E-state index in [1.165, 1.54) is 12.1 Å². The second-order valence-electron chi connectivity index (χ2n) is 4.64. The maximum atomic E-state index is 13.9. The maximum Gasteiger partial charge on any atom is 0.281 e. The summed E-state index contributed by atoms with van der Waals surface area (Å²) in [7, 11) is 0. The summed E-state index contributed by atoms with van der Waals surface area (Å²) in [6, 6.07) is 13.0. The number of para-hydroxylation sites is 1. The van der Waals surface area contributed by atoms with Gasteiger partial charge in [-0.1, -0.05) is 35.9 Å². The molecule has 22 heavy (non-hydrogen) atoms. The van der Waals surface area contributed by atoms with Gasteiger partial charge in [0.25, 0.3) is 5.91 Å². The molecule has 1 aliphatic heterocycles. The molecule has 1 amide bonds. The van der Waals surface area contributed by atoms with Crippen LogP contribution in [0.1, 0.15) is 5.56 Å². The van der Waals surface area contributed by atoms with Gasteiger partial charge in [-0.15, -0.1) is 0 Å². The van der Waals surface area contributed by atoms with E-state index in [0.717, 1.165) is 10.5 Å². The number of benzene rings is 2. The van der Waals surface area contributed by atoms with Gasteiger partial charge in [0, 0.05) is 5.02 Å². The van der Waals surface area contributed by atoms with Crippen LogP contribution in [0.25, 0.3) is 6.08 Å². The van der Waals surface area contributed by atoms with Crippen molar-refractivity contribution in [2.45, 2.75) is 0 Å². The lowest BCUT2D eigenvalue weighted by atomic mass is 10.2. The summed E-state index contributed by atoms with van der Waals surface area (Å²) >= 11 is 11.1. The van der Waals surface area contributed by atoms with Crippen LogP contribution in [-0.2, 0) is 4.79 Å². The highest BCUT2D eigenvalue weighted by molar-refractivity contribution is 7.80. The third-order valence-electron chi connectivity index (χ3n) is 3.13. The van der Waals surface area contributed by atoms with Crippen molar-refractivity contribution in [1.29, 1.82) is 0 Å². The van der Waals surface area contributed by atoms with Crippen molar-refractivity contribution < 1.29 is 9.18 Å². The van der Waals surface area contributed by atoms with Gasteiger partial charge in [-0.2, -0.15) is 0 Å². The van der Waals surface area contributed by atoms with Crippen molar-refractivity contribution >= 4 is 46.6 Å². The molecule has 0 atom stereocenters. The number of hydrogen-bond acceptors (Lipinski definition) is 2. The fraction of sp³-hybridized carbons (Fsp3) is 0. The van der Waals surface area contributed by atoms with E-state index in [9.17, 15) is 9.18 Å². The number of thiocarbonyl (C=S) groups is 1. The molecule has 2 aromatic carbocycles. The molecule has 110 valence electrons. The van der Waals surface area contributed by atoms with Gasteiger partial charge >= 0.3 is 0 Å². The van der Waals surface area contributed by atoms with Crippen LogP contribution < -0.4 is 10.2 Å². The lowest BCUT2D eigenvalue weighted by Gasteiger charge is -2.14. The maximum absolute atomic E-state index is 13.9. The minimum absolute atomic E-state index is 0.125. The van der Waals surface area contributed by atoms with Crippen molar-refractivity contribution in [3.63, 3.8) is 0 Å². The van der Waals surface area contributed by atoms with E-state index in [1.54, 1.807) is 36.4 Å². The van der Waals surface area contributed by atoms with E-state index in [4.69, 9.17) is 23.8 Å². The molecule has 6 heteroatoms. The van der Waals surface area contributed by atoms with Crippen molar-refractivity contribution in [2.24, 2.45) is 0 Å². The Bertz CT molecular complexity index is 806. The van der Waals surface area contributed by atoms with Crippen LogP contribution in [-0.4, -0.2) is 11.0 Å². The minimum atomic E-state index is -0.510. The molecule has 1 heterocycles. The zero-order chi connectivity index (χ0) is 15.7. The molecule has 1 saturated heterocycles. The summed E-state index contributed by atoms with van der Waals surface area (Å²) in [6.45, 7) is 0. The molecule has 1 aliphatic rings. The monoisotopic (exact) mass is 332 g/mol. The highest BCUT2D eigenvalue weighted by atomic mass is 35.5. The molecule has 3 rings (SSSR count). The number of nitrogens with zero attached hydrogens (tertiary/aromatic N) is 1. The number of rotatable bonds is 2. The second-order valence-corrected chi connectivity index (χ2v) is 5.46. The van der Waals surface area contributed by atoms with E-state index >= 15 is 0 Å². The first-order chi connectivity index (χ1) is 10.6. The molecule has 0 spiro atoms. The first-order valence-corrected chi connectivity index (χ1v) is 7.22. The van der Waals surface area contributed by atoms with Crippen LogP contribution in [0, 0.1) is 5.82 Å². The summed E-state index contributed by atoms with van der Waals surface area (Å²) in [5, 5.41) is 3.51. The highest BCUT2D eigenvalue weighted by Gasteiger charge is 2.33.